The van der Waals surface area contributed by atoms with E-state index < -0.39 is 0 Å². The fourth-order valence-corrected chi connectivity index (χ4v) is 2.68. The van der Waals surface area contributed by atoms with Gasteiger partial charge in [0.1, 0.15) is 0 Å². The second kappa shape index (κ2) is 4.94. The number of benzene rings is 2. The number of phenolic OH excluding ortho intramolecular Hbond substituents is 1. The summed E-state index contributed by atoms with van der Waals surface area (Å²) < 4.78 is 5.22. The molecule has 0 aliphatic carbocycles. The highest BCUT2D eigenvalue weighted by molar-refractivity contribution is 5.50. The quantitative estimate of drug-likeness (QED) is 0.866. The van der Waals surface area contributed by atoms with Crippen LogP contribution in [0.15, 0.2) is 42.5 Å². The first kappa shape index (κ1) is 12.1. The van der Waals surface area contributed by atoms with Crippen LogP contribution in [0.25, 0.3) is 0 Å². The van der Waals surface area contributed by atoms with E-state index >= 15 is 0 Å². The number of ether oxygens (including phenoxy) is 1. The van der Waals surface area contributed by atoms with Gasteiger partial charge in [-0.2, -0.15) is 0 Å². The van der Waals surface area contributed by atoms with Gasteiger partial charge in [-0.25, -0.2) is 0 Å². The lowest BCUT2D eigenvalue weighted by molar-refractivity contribution is 0.371. The molecule has 98 valence electrons. The number of nitrogens with one attached hydrogen (secondary N) is 1. The van der Waals surface area contributed by atoms with Crippen molar-refractivity contribution in [2.24, 2.45) is 0 Å². The molecule has 0 saturated heterocycles. The molecule has 1 unspecified atom stereocenters. The molecule has 3 heteroatoms. The van der Waals surface area contributed by atoms with E-state index in [2.05, 4.69) is 17.4 Å². The summed E-state index contributed by atoms with van der Waals surface area (Å²) in [4.78, 5) is 0. The minimum atomic E-state index is 0.166. The van der Waals surface area contributed by atoms with Crippen molar-refractivity contribution in [1.29, 1.82) is 0 Å². The number of phenols is 1. The minimum absolute atomic E-state index is 0.166. The maximum atomic E-state index is 9.88. The Balaban J connectivity index is 2.09. The second-order valence-electron chi connectivity index (χ2n) is 4.77. The zero-order valence-corrected chi connectivity index (χ0v) is 10.9. The minimum Gasteiger partial charge on any atom is -0.504 e. The molecule has 1 heterocycles. The lowest BCUT2D eigenvalue weighted by Crippen LogP contribution is -2.30. The monoisotopic (exact) mass is 255 g/mol. The van der Waals surface area contributed by atoms with Crippen LogP contribution in [0.4, 0.5) is 0 Å². The lowest BCUT2D eigenvalue weighted by atomic mass is 9.89. The van der Waals surface area contributed by atoms with Crippen molar-refractivity contribution in [1.82, 2.24) is 5.32 Å². The van der Waals surface area contributed by atoms with E-state index in [0.29, 0.717) is 5.75 Å². The van der Waals surface area contributed by atoms with Gasteiger partial charge < -0.3 is 15.2 Å². The lowest BCUT2D eigenvalue weighted by Gasteiger charge is -2.28. The van der Waals surface area contributed by atoms with Crippen LogP contribution in [-0.2, 0) is 6.42 Å². The van der Waals surface area contributed by atoms with Crippen LogP contribution in [0.3, 0.4) is 0 Å². The van der Waals surface area contributed by atoms with E-state index in [9.17, 15) is 5.11 Å². The van der Waals surface area contributed by atoms with Crippen LogP contribution >= 0.6 is 0 Å². The van der Waals surface area contributed by atoms with Gasteiger partial charge in [0, 0.05) is 6.54 Å². The third kappa shape index (κ3) is 2.17. The van der Waals surface area contributed by atoms with E-state index in [1.807, 2.05) is 30.3 Å². The highest BCUT2D eigenvalue weighted by Gasteiger charge is 2.23. The van der Waals surface area contributed by atoms with Crippen molar-refractivity contribution >= 4 is 0 Å². The molecular formula is C16H17NO2. The maximum Gasteiger partial charge on any atom is 0.160 e. The van der Waals surface area contributed by atoms with E-state index in [4.69, 9.17) is 4.74 Å². The Bertz CT molecular complexity index is 581. The van der Waals surface area contributed by atoms with Gasteiger partial charge in [-0.1, -0.05) is 30.3 Å². The molecule has 0 fully saturated rings. The third-order valence-corrected chi connectivity index (χ3v) is 3.63. The molecule has 19 heavy (non-hydrogen) atoms. The van der Waals surface area contributed by atoms with Crippen LogP contribution in [0, 0.1) is 0 Å². The molecule has 1 aliphatic heterocycles. The molecular weight excluding hydrogens is 238 g/mol. The number of aromatic hydroxyl groups is 1. The summed E-state index contributed by atoms with van der Waals surface area (Å²) in [5.74, 6) is 0.748. The van der Waals surface area contributed by atoms with Crippen LogP contribution in [-0.4, -0.2) is 18.8 Å². The summed E-state index contributed by atoms with van der Waals surface area (Å²) in [6.45, 7) is 0.915. The number of rotatable bonds is 2. The van der Waals surface area contributed by atoms with Crippen molar-refractivity contribution in [2.75, 3.05) is 13.7 Å². The van der Waals surface area contributed by atoms with Crippen molar-refractivity contribution in [3.8, 4) is 11.5 Å². The first-order chi connectivity index (χ1) is 9.29. The first-order valence-electron chi connectivity index (χ1n) is 6.47. The Morgan fingerprint density at radius 1 is 1.21 bits per heavy atom. The predicted octanol–water partition coefficient (Wildman–Crippen LogP) is 2.64. The average molecular weight is 255 g/mol. The van der Waals surface area contributed by atoms with Gasteiger partial charge in [0.05, 0.1) is 13.2 Å². The van der Waals surface area contributed by atoms with Crippen LogP contribution in [0.5, 0.6) is 11.5 Å². The fraction of sp³-hybridized carbons (Fsp3) is 0.250. The van der Waals surface area contributed by atoms with E-state index in [-0.39, 0.29) is 11.8 Å². The van der Waals surface area contributed by atoms with Crippen molar-refractivity contribution in [2.45, 2.75) is 12.5 Å². The van der Waals surface area contributed by atoms with Gasteiger partial charge in [-0.3, -0.25) is 0 Å². The normalized spacial score (nSPS) is 17.8. The van der Waals surface area contributed by atoms with Gasteiger partial charge in [-0.05, 0) is 35.2 Å². The molecule has 2 aromatic rings. The van der Waals surface area contributed by atoms with E-state index in [1.165, 1.54) is 16.7 Å². The summed E-state index contributed by atoms with van der Waals surface area (Å²) in [5, 5.41) is 13.4. The topological polar surface area (TPSA) is 41.5 Å². The Kier molecular flexibility index (Phi) is 3.13. The number of fused-ring (bicyclic) bond motifs is 1. The van der Waals surface area contributed by atoms with Crippen LogP contribution in [0.2, 0.25) is 0 Å². The zero-order valence-electron chi connectivity index (χ0n) is 10.9. The standard InChI is InChI=1S/C16H17NO2/c1-19-15-10-13-12(9-14(15)18)7-8-17-16(13)11-5-3-2-4-6-11/h2-6,9-10,16-18H,7-8H2,1H3. The highest BCUT2D eigenvalue weighted by atomic mass is 16.5. The van der Waals surface area contributed by atoms with Gasteiger partial charge in [-0.15, -0.1) is 0 Å². The van der Waals surface area contributed by atoms with Gasteiger partial charge in [0.2, 0.25) is 0 Å². The summed E-state index contributed by atoms with van der Waals surface area (Å²) in [5.41, 5.74) is 3.61. The first-order valence-corrected chi connectivity index (χ1v) is 6.47. The van der Waals surface area contributed by atoms with Crippen molar-refractivity contribution < 1.29 is 9.84 Å². The average Bonchev–Trinajstić information content (AvgIpc) is 2.46. The Morgan fingerprint density at radius 2 is 2.00 bits per heavy atom. The number of hydrogen-bond acceptors (Lipinski definition) is 3. The molecule has 1 aliphatic rings. The highest BCUT2D eigenvalue weighted by Crippen LogP contribution is 2.36. The SMILES string of the molecule is COc1cc2c(cc1O)CCNC2c1ccccc1. The molecule has 2 N–H and O–H groups in total. The largest absolute Gasteiger partial charge is 0.504 e. The summed E-state index contributed by atoms with van der Waals surface area (Å²) >= 11 is 0. The van der Waals surface area contributed by atoms with E-state index in [0.717, 1.165) is 13.0 Å². The van der Waals surface area contributed by atoms with Crippen molar-refractivity contribution in [3.05, 3.63) is 59.2 Å². The Morgan fingerprint density at radius 3 is 2.74 bits per heavy atom. The fourth-order valence-electron chi connectivity index (χ4n) is 2.68. The molecule has 0 spiro atoms. The molecule has 3 rings (SSSR count). The van der Waals surface area contributed by atoms with Crippen molar-refractivity contribution in [3.63, 3.8) is 0 Å². The molecule has 0 radical (unpaired) electrons. The van der Waals surface area contributed by atoms with Gasteiger partial charge in [0.25, 0.3) is 0 Å². The smallest absolute Gasteiger partial charge is 0.160 e. The number of hydrogen-bond donors (Lipinski definition) is 2. The molecule has 0 bridgehead atoms. The molecule has 0 saturated carbocycles. The maximum absolute atomic E-state index is 9.88. The van der Waals surface area contributed by atoms with Crippen LogP contribution < -0.4 is 10.1 Å². The molecule has 3 nitrogen and oxygen atoms in total. The van der Waals surface area contributed by atoms with Gasteiger partial charge >= 0.3 is 0 Å². The third-order valence-electron chi connectivity index (χ3n) is 3.63. The van der Waals surface area contributed by atoms with Crippen LogP contribution in [0.1, 0.15) is 22.7 Å². The predicted molar refractivity (Wildman–Crippen MR) is 74.7 cm³/mol. The second-order valence-corrected chi connectivity index (χ2v) is 4.77. The molecule has 1 atom stereocenters. The van der Waals surface area contributed by atoms with E-state index in [1.54, 1.807) is 7.11 Å². The van der Waals surface area contributed by atoms with Gasteiger partial charge in [0.15, 0.2) is 11.5 Å². The molecule has 0 amide bonds. The Labute approximate surface area is 112 Å². The molecule has 2 aromatic carbocycles. The summed E-state index contributed by atoms with van der Waals surface area (Å²) in [6.07, 6.45) is 0.927. The molecule has 0 aromatic heterocycles. The Hall–Kier alpha value is -2.00. The summed E-state index contributed by atoms with van der Waals surface area (Å²) in [7, 11) is 1.58. The number of methoxy groups -OCH3 is 1. The zero-order chi connectivity index (χ0) is 13.2. The summed E-state index contributed by atoms with van der Waals surface area (Å²) in [6, 6.07) is 14.3.